The van der Waals surface area contributed by atoms with Crippen LogP contribution < -0.4 is 0 Å². The summed E-state index contributed by atoms with van der Waals surface area (Å²) in [6, 6.07) is 22.0. The van der Waals surface area contributed by atoms with E-state index in [-0.39, 0.29) is 11.3 Å². The first-order chi connectivity index (χ1) is 14.6. The van der Waals surface area contributed by atoms with Gasteiger partial charge in [-0.1, -0.05) is 73.7 Å². The van der Waals surface area contributed by atoms with Crippen LogP contribution in [0.3, 0.4) is 0 Å². The van der Waals surface area contributed by atoms with Gasteiger partial charge in [0.15, 0.2) is 5.82 Å². The van der Waals surface area contributed by atoms with Crippen molar-refractivity contribution in [2.45, 2.75) is 18.8 Å². The lowest BCUT2D eigenvalue weighted by molar-refractivity contribution is 0.0779. The van der Waals surface area contributed by atoms with E-state index in [2.05, 4.69) is 40.1 Å². The number of fused-ring (bicyclic) bond motifs is 1. The van der Waals surface area contributed by atoms with Gasteiger partial charge in [-0.2, -0.15) is 0 Å². The van der Waals surface area contributed by atoms with Gasteiger partial charge in [0.2, 0.25) is 0 Å². The second-order valence-corrected chi connectivity index (χ2v) is 8.00. The molecule has 0 saturated heterocycles. The molecule has 1 atom stereocenters. The average Bonchev–Trinajstić information content (AvgIpc) is 3.23. The summed E-state index contributed by atoms with van der Waals surface area (Å²) in [5.74, 6) is 0.575. The van der Waals surface area contributed by atoms with E-state index in [9.17, 15) is 4.79 Å². The maximum atomic E-state index is 13.2. The molecule has 5 rings (SSSR count). The standard InChI is InChI=1S/C25H22N4O/c1-25(20-11-6-3-7-12-20)13-8-14-29(17-25)24(30)21-15-19-16-26-22(28-23(19)27-21)18-9-4-2-5-10-18/h2-12,14-16H,13,17H2,1H3,(H,26,27,28). The number of nitrogens with zero attached hydrogens (tertiary/aromatic N) is 3. The number of rotatable bonds is 3. The highest BCUT2D eigenvalue weighted by Crippen LogP contribution is 2.33. The molecule has 30 heavy (non-hydrogen) atoms. The van der Waals surface area contributed by atoms with Crippen LogP contribution in [-0.4, -0.2) is 32.3 Å². The number of benzene rings is 2. The third-order valence-corrected chi connectivity index (χ3v) is 5.74. The number of allylic oxidation sites excluding steroid dienone is 1. The first kappa shape index (κ1) is 18.3. The molecule has 0 fully saturated rings. The van der Waals surface area contributed by atoms with Crippen LogP contribution in [0.15, 0.2) is 85.2 Å². The summed E-state index contributed by atoms with van der Waals surface area (Å²) >= 11 is 0. The van der Waals surface area contributed by atoms with Gasteiger partial charge in [-0.3, -0.25) is 4.79 Å². The minimum absolute atomic E-state index is 0.0626. The number of aromatic amines is 1. The Hall–Kier alpha value is -3.73. The van der Waals surface area contributed by atoms with Crippen LogP contribution in [0, 0.1) is 0 Å². The molecule has 1 aliphatic rings. The molecule has 4 aromatic rings. The van der Waals surface area contributed by atoms with Gasteiger partial charge in [-0.15, -0.1) is 0 Å². The topological polar surface area (TPSA) is 61.9 Å². The molecule has 0 bridgehead atoms. The van der Waals surface area contributed by atoms with E-state index in [4.69, 9.17) is 0 Å². The summed E-state index contributed by atoms with van der Waals surface area (Å²) in [7, 11) is 0. The molecule has 1 aliphatic heterocycles. The van der Waals surface area contributed by atoms with E-state index in [0.717, 1.165) is 17.4 Å². The molecule has 1 unspecified atom stereocenters. The fourth-order valence-electron chi connectivity index (χ4n) is 4.03. The molecule has 1 amide bonds. The molecule has 2 aromatic heterocycles. The van der Waals surface area contributed by atoms with Gasteiger partial charge in [0.1, 0.15) is 11.3 Å². The lowest BCUT2D eigenvalue weighted by Crippen LogP contribution is -2.41. The van der Waals surface area contributed by atoms with E-state index in [1.807, 2.05) is 60.8 Å². The van der Waals surface area contributed by atoms with E-state index < -0.39 is 0 Å². The van der Waals surface area contributed by atoms with E-state index in [1.165, 1.54) is 5.56 Å². The first-order valence-corrected chi connectivity index (χ1v) is 10.1. The number of H-pyrrole nitrogens is 1. The molecule has 3 heterocycles. The molecule has 0 radical (unpaired) electrons. The lowest BCUT2D eigenvalue weighted by atomic mass is 9.77. The second-order valence-electron chi connectivity index (χ2n) is 8.00. The van der Waals surface area contributed by atoms with Crippen LogP contribution in [0.5, 0.6) is 0 Å². The molecular formula is C25H22N4O. The highest BCUT2D eigenvalue weighted by Gasteiger charge is 2.33. The zero-order valence-corrected chi connectivity index (χ0v) is 16.7. The SMILES string of the molecule is CC1(c2ccccc2)CC=CN(C(=O)c2cc3cnc(-c4ccccc4)nc3[nH]2)C1. The Morgan fingerprint density at radius 3 is 2.57 bits per heavy atom. The Kier molecular flexibility index (Phi) is 4.43. The van der Waals surface area contributed by atoms with Crippen LogP contribution in [0.1, 0.15) is 29.4 Å². The second kappa shape index (κ2) is 7.26. The Bertz CT molecular complexity index is 1230. The third-order valence-electron chi connectivity index (χ3n) is 5.74. The summed E-state index contributed by atoms with van der Waals surface area (Å²) in [4.78, 5) is 27.3. The zero-order chi connectivity index (χ0) is 20.6. The fourth-order valence-corrected chi connectivity index (χ4v) is 4.03. The molecule has 5 heteroatoms. The van der Waals surface area contributed by atoms with Crippen LogP contribution >= 0.6 is 0 Å². The molecule has 0 saturated carbocycles. The molecule has 5 nitrogen and oxygen atoms in total. The summed E-state index contributed by atoms with van der Waals surface area (Å²) in [5.41, 5.74) is 3.25. The van der Waals surface area contributed by atoms with Gasteiger partial charge >= 0.3 is 0 Å². The highest BCUT2D eigenvalue weighted by atomic mass is 16.2. The van der Waals surface area contributed by atoms with Gasteiger partial charge in [-0.05, 0) is 18.1 Å². The predicted octanol–water partition coefficient (Wildman–Crippen LogP) is 4.94. The van der Waals surface area contributed by atoms with Crippen molar-refractivity contribution < 1.29 is 4.79 Å². The van der Waals surface area contributed by atoms with Crippen molar-refractivity contribution in [1.82, 2.24) is 19.9 Å². The third kappa shape index (κ3) is 3.28. The number of amides is 1. The summed E-state index contributed by atoms with van der Waals surface area (Å²) in [5, 5.41) is 0.824. The molecular weight excluding hydrogens is 372 g/mol. The first-order valence-electron chi connectivity index (χ1n) is 10.1. The molecule has 1 N–H and O–H groups in total. The Balaban J connectivity index is 1.43. The number of hydrogen-bond donors (Lipinski definition) is 1. The van der Waals surface area contributed by atoms with Gasteiger partial charge < -0.3 is 9.88 Å². The van der Waals surface area contributed by atoms with Gasteiger partial charge in [0.05, 0.1) is 0 Å². The molecule has 0 aliphatic carbocycles. The Morgan fingerprint density at radius 2 is 1.80 bits per heavy atom. The lowest BCUT2D eigenvalue weighted by Gasteiger charge is -2.37. The average molecular weight is 394 g/mol. The summed E-state index contributed by atoms with van der Waals surface area (Å²) in [6.45, 7) is 2.83. The quantitative estimate of drug-likeness (QED) is 0.535. The summed E-state index contributed by atoms with van der Waals surface area (Å²) in [6.07, 6.45) is 6.63. The van der Waals surface area contributed by atoms with Crippen molar-refractivity contribution >= 4 is 16.9 Å². The smallest absolute Gasteiger partial charge is 0.274 e. The van der Waals surface area contributed by atoms with Gasteiger partial charge in [0, 0.05) is 35.3 Å². The van der Waals surface area contributed by atoms with Crippen molar-refractivity contribution in [2.24, 2.45) is 0 Å². The molecule has 2 aromatic carbocycles. The number of carbonyl (C=O) groups excluding carboxylic acids is 1. The largest absolute Gasteiger partial charge is 0.335 e. The molecule has 0 spiro atoms. The van der Waals surface area contributed by atoms with Crippen LogP contribution in [0.25, 0.3) is 22.4 Å². The number of aromatic nitrogens is 3. The number of carbonyl (C=O) groups is 1. The zero-order valence-electron chi connectivity index (χ0n) is 16.7. The normalized spacial score (nSPS) is 18.6. The predicted molar refractivity (Wildman–Crippen MR) is 118 cm³/mol. The monoisotopic (exact) mass is 394 g/mol. The van der Waals surface area contributed by atoms with E-state index >= 15 is 0 Å². The van der Waals surface area contributed by atoms with Crippen molar-refractivity contribution in [3.05, 3.63) is 96.5 Å². The summed E-state index contributed by atoms with van der Waals surface area (Å²) < 4.78 is 0. The van der Waals surface area contributed by atoms with Crippen molar-refractivity contribution in [2.75, 3.05) is 6.54 Å². The van der Waals surface area contributed by atoms with Crippen molar-refractivity contribution in [1.29, 1.82) is 0 Å². The highest BCUT2D eigenvalue weighted by molar-refractivity contribution is 5.98. The number of hydrogen-bond acceptors (Lipinski definition) is 3. The van der Waals surface area contributed by atoms with Crippen LogP contribution in [0.2, 0.25) is 0 Å². The molecule has 148 valence electrons. The maximum absolute atomic E-state index is 13.2. The van der Waals surface area contributed by atoms with E-state index in [0.29, 0.717) is 23.7 Å². The van der Waals surface area contributed by atoms with Crippen molar-refractivity contribution in [3.63, 3.8) is 0 Å². The van der Waals surface area contributed by atoms with Crippen LogP contribution in [-0.2, 0) is 5.41 Å². The Labute approximate surface area is 175 Å². The van der Waals surface area contributed by atoms with Crippen LogP contribution in [0.4, 0.5) is 0 Å². The van der Waals surface area contributed by atoms with Gasteiger partial charge in [0.25, 0.3) is 5.91 Å². The minimum atomic E-state index is -0.113. The van der Waals surface area contributed by atoms with Crippen molar-refractivity contribution in [3.8, 4) is 11.4 Å². The fraction of sp³-hybridized carbons (Fsp3) is 0.160. The maximum Gasteiger partial charge on any atom is 0.274 e. The van der Waals surface area contributed by atoms with Gasteiger partial charge in [-0.25, -0.2) is 9.97 Å². The van der Waals surface area contributed by atoms with E-state index in [1.54, 1.807) is 11.1 Å². The number of nitrogens with one attached hydrogen (secondary N) is 1. The Morgan fingerprint density at radius 1 is 1.07 bits per heavy atom. The minimum Gasteiger partial charge on any atom is -0.335 e.